The van der Waals surface area contributed by atoms with Crippen molar-refractivity contribution in [2.24, 2.45) is 7.05 Å². The molecule has 8 nitrogen and oxygen atoms in total. The molecule has 0 aliphatic heterocycles. The summed E-state index contributed by atoms with van der Waals surface area (Å²) in [6, 6.07) is 9.66. The minimum absolute atomic E-state index is 0.0474. The third kappa shape index (κ3) is 4.93. The Balaban J connectivity index is 1.62. The molecule has 1 aromatic carbocycles. The molecule has 0 bridgehead atoms. The van der Waals surface area contributed by atoms with E-state index in [0.717, 1.165) is 10.7 Å². The number of nitrogens with one attached hydrogen (secondary N) is 3. The van der Waals surface area contributed by atoms with Crippen LogP contribution in [0.25, 0.3) is 0 Å². The summed E-state index contributed by atoms with van der Waals surface area (Å²) in [6.07, 6.45) is 0.496. The summed E-state index contributed by atoms with van der Waals surface area (Å²) in [5.74, 6) is 0.367. The minimum atomic E-state index is -3.71. The second kappa shape index (κ2) is 8.78. The van der Waals surface area contributed by atoms with Gasteiger partial charge in [-0.2, -0.15) is 5.10 Å². The van der Waals surface area contributed by atoms with Crippen LogP contribution >= 0.6 is 23.6 Å². The highest BCUT2D eigenvalue weighted by Crippen LogP contribution is 2.14. The summed E-state index contributed by atoms with van der Waals surface area (Å²) >= 11 is 6.51. The topological polar surface area (TPSA) is 109 Å². The molecular formula is C17H19N5O3S3. The van der Waals surface area contributed by atoms with Crippen molar-refractivity contribution in [3.63, 3.8) is 0 Å². The zero-order valence-electron chi connectivity index (χ0n) is 15.0. The zero-order chi connectivity index (χ0) is 20.1. The van der Waals surface area contributed by atoms with E-state index in [1.165, 1.54) is 23.5 Å². The molecule has 148 valence electrons. The highest BCUT2D eigenvalue weighted by atomic mass is 32.2. The van der Waals surface area contributed by atoms with Crippen LogP contribution < -0.4 is 10.0 Å². The fraction of sp³-hybridized carbons (Fsp3) is 0.235. The first-order valence-electron chi connectivity index (χ1n) is 8.37. The van der Waals surface area contributed by atoms with E-state index in [4.69, 9.17) is 12.2 Å². The summed E-state index contributed by atoms with van der Waals surface area (Å²) in [5.41, 5.74) is 0.273. The number of sulfonamides is 1. The van der Waals surface area contributed by atoms with E-state index in [1.807, 2.05) is 17.5 Å². The highest BCUT2D eigenvalue weighted by Gasteiger charge is 2.16. The maximum absolute atomic E-state index is 12.5. The third-order valence-corrected chi connectivity index (χ3v) is 6.67. The van der Waals surface area contributed by atoms with Crippen LogP contribution in [0.3, 0.4) is 0 Å². The monoisotopic (exact) mass is 437 g/mol. The van der Waals surface area contributed by atoms with E-state index in [9.17, 15) is 13.2 Å². The standard InChI is InChI=1S/C17H19N5O3S3/c1-22-15(20-21-17(22)26)7-8-18-16(23)12-4-2-6-14(10-12)28(24,25)19-11-13-5-3-9-27-13/h2-6,9-10,19H,7-8,11H2,1H3,(H,18,23)(H,21,26). The second-order valence-corrected chi connectivity index (χ2v) is 9.13. The maximum Gasteiger partial charge on any atom is 0.251 e. The molecule has 11 heteroatoms. The molecule has 2 heterocycles. The number of H-pyrrole nitrogens is 1. The Morgan fingerprint density at radius 3 is 2.82 bits per heavy atom. The number of aromatic amines is 1. The van der Waals surface area contributed by atoms with Gasteiger partial charge in [0.15, 0.2) is 4.77 Å². The van der Waals surface area contributed by atoms with Gasteiger partial charge >= 0.3 is 0 Å². The number of rotatable bonds is 8. The lowest BCUT2D eigenvalue weighted by Crippen LogP contribution is -2.27. The summed E-state index contributed by atoms with van der Waals surface area (Å²) in [4.78, 5) is 13.3. The fourth-order valence-corrected chi connectivity index (χ4v) is 4.40. The van der Waals surface area contributed by atoms with E-state index in [1.54, 1.807) is 23.7 Å². The van der Waals surface area contributed by atoms with Crippen molar-refractivity contribution in [3.8, 4) is 0 Å². The molecule has 3 N–H and O–H groups in total. The molecule has 0 radical (unpaired) electrons. The van der Waals surface area contributed by atoms with Crippen LogP contribution in [0.1, 0.15) is 21.1 Å². The smallest absolute Gasteiger partial charge is 0.251 e. The van der Waals surface area contributed by atoms with Crippen LogP contribution in [0.5, 0.6) is 0 Å². The van der Waals surface area contributed by atoms with E-state index in [0.29, 0.717) is 17.7 Å². The van der Waals surface area contributed by atoms with Crippen molar-refractivity contribution in [1.82, 2.24) is 24.8 Å². The molecule has 2 aromatic heterocycles. The number of nitrogens with zero attached hydrogens (tertiary/aromatic N) is 2. The Labute approximate surface area is 171 Å². The normalized spacial score (nSPS) is 11.5. The van der Waals surface area contributed by atoms with Gasteiger partial charge in [-0.3, -0.25) is 9.89 Å². The molecule has 28 heavy (non-hydrogen) atoms. The molecule has 0 fully saturated rings. The molecule has 3 rings (SSSR count). The first kappa shape index (κ1) is 20.4. The van der Waals surface area contributed by atoms with Gasteiger partial charge in [0, 0.05) is 37.0 Å². The fourth-order valence-electron chi connectivity index (χ4n) is 2.46. The first-order chi connectivity index (χ1) is 13.4. The molecule has 0 saturated carbocycles. The second-order valence-electron chi connectivity index (χ2n) is 5.94. The molecule has 0 unspecified atom stereocenters. The predicted molar refractivity (Wildman–Crippen MR) is 109 cm³/mol. The molecule has 3 aromatic rings. The number of thiophene rings is 1. The van der Waals surface area contributed by atoms with Crippen LogP contribution in [-0.2, 0) is 30.0 Å². The van der Waals surface area contributed by atoms with Crippen LogP contribution in [0.2, 0.25) is 0 Å². The van der Waals surface area contributed by atoms with E-state index in [2.05, 4.69) is 20.2 Å². The molecule has 0 atom stereocenters. The quantitative estimate of drug-likeness (QED) is 0.467. The van der Waals surface area contributed by atoms with E-state index < -0.39 is 10.0 Å². The lowest BCUT2D eigenvalue weighted by molar-refractivity contribution is 0.0953. The lowest BCUT2D eigenvalue weighted by atomic mass is 10.2. The molecule has 0 aliphatic rings. The van der Waals surface area contributed by atoms with Gasteiger partial charge in [-0.25, -0.2) is 13.1 Å². The van der Waals surface area contributed by atoms with Crippen molar-refractivity contribution in [2.75, 3.05) is 6.54 Å². The summed E-state index contributed by atoms with van der Waals surface area (Å²) in [6.45, 7) is 0.557. The molecule has 0 spiro atoms. The van der Waals surface area contributed by atoms with Crippen molar-refractivity contribution < 1.29 is 13.2 Å². The van der Waals surface area contributed by atoms with E-state index >= 15 is 0 Å². The Bertz CT molecular complexity index is 1120. The number of hydrogen-bond donors (Lipinski definition) is 3. The largest absolute Gasteiger partial charge is 0.352 e. The average molecular weight is 438 g/mol. The molecule has 0 saturated heterocycles. The SMILES string of the molecule is Cn1c(CCNC(=O)c2cccc(S(=O)(=O)NCc3cccs3)c2)n[nH]c1=S. The number of carbonyl (C=O) groups is 1. The molecule has 0 aliphatic carbocycles. The number of benzene rings is 1. The van der Waals surface area contributed by atoms with Gasteiger partial charge in [-0.1, -0.05) is 12.1 Å². The van der Waals surface area contributed by atoms with Gasteiger partial charge in [-0.15, -0.1) is 11.3 Å². The van der Waals surface area contributed by atoms with Crippen LogP contribution in [0.15, 0.2) is 46.7 Å². The van der Waals surface area contributed by atoms with Gasteiger partial charge in [0.1, 0.15) is 5.82 Å². The van der Waals surface area contributed by atoms with Gasteiger partial charge in [0.2, 0.25) is 10.0 Å². The Morgan fingerprint density at radius 2 is 2.14 bits per heavy atom. The highest BCUT2D eigenvalue weighted by molar-refractivity contribution is 7.89. The first-order valence-corrected chi connectivity index (χ1v) is 11.1. The third-order valence-electron chi connectivity index (χ3n) is 4.03. The summed E-state index contributed by atoms with van der Waals surface area (Å²) < 4.78 is 29.7. The predicted octanol–water partition coefficient (Wildman–Crippen LogP) is 1.99. The van der Waals surface area contributed by atoms with Gasteiger partial charge < -0.3 is 9.88 Å². The summed E-state index contributed by atoms with van der Waals surface area (Å²) in [5, 5.41) is 11.4. The maximum atomic E-state index is 12.5. The number of aromatic nitrogens is 3. The number of amides is 1. The molecule has 1 amide bonds. The van der Waals surface area contributed by atoms with Gasteiger partial charge in [0.25, 0.3) is 5.91 Å². The van der Waals surface area contributed by atoms with Crippen LogP contribution in [0, 0.1) is 4.77 Å². The number of carbonyl (C=O) groups excluding carboxylic acids is 1. The van der Waals surface area contributed by atoms with Gasteiger partial charge in [0.05, 0.1) is 4.90 Å². The number of hydrogen-bond acceptors (Lipinski definition) is 6. The van der Waals surface area contributed by atoms with Crippen molar-refractivity contribution >= 4 is 39.5 Å². The minimum Gasteiger partial charge on any atom is -0.352 e. The zero-order valence-corrected chi connectivity index (χ0v) is 17.5. The Kier molecular flexibility index (Phi) is 6.39. The van der Waals surface area contributed by atoms with Crippen molar-refractivity contribution in [3.05, 3.63) is 62.8 Å². The average Bonchev–Trinajstić information content (AvgIpc) is 3.32. The van der Waals surface area contributed by atoms with E-state index in [-0.39, 0.29) is 22.9 Å². The van der Waals surface area contributed by atoms with Crippen molar-refractivity contribution in [1.29, 1.82) is 0 Å². The van der Waals surface area contributed by atoms with Crippen LogP contribution in [0.4, 0.5) is 0 Å². The molecular weight excluding hydrogens is 418 g/mol. The Morgan fingerprint density at radius 1 is 1.32 bits per heavy atom. The van der Waals surface area contributed by atoms with Gasteiger partial charge in [-0.05, 0) is 41.9 Å². The van der Waals surface area contributed by atoms with Crippen molar-refractivity contribution in [2.45, 2.75) is 17.9 Å². The Hall–Kier alpha value is -2.34. The summed E-state index contributed by atoms with van der Waals surface area (Å²) in [7, 11) is -1.92. The lowest BCUT2D eigenvalue weighted by Gasteiger charge is -2.09. The van der Waals surface area contributed by atoms with Crippen LogP contribution in [-0.4, -0.2) is 35.6 Å².